The monoisotopic (exact) mass is 288 g/mol. The van der Waals surface area contributed by atoms with Crippen LogP contribution in [0.4, 0.5) is 5.82 Å². The van der Waals surface area contributed by atoms with Gasteiger partial charge in [0, 0.05) is 6.54 Å². The maximum absolute atomic E-state index is 11.8. The molecule has 0 aliphatic carbocycles. The minimum absolute atomic E-state index is 0.184. The molecule has 0 aliphatic rings. The molecule has 2 rings (SSSR count). The smallest absolute Gasteiger partial charge is 0.271 e. The minimum Gasteiger partial charge on any atom is -0.467 e. The van der Waals surface area contributed by atoms with E-state index in [9.17, 15) is 4.79 Å². The summed E-state index contributed by atoms with van der Waals surface area (Å²) in [6, 6.07) is 3.70. The van der Waals surface area contributed by atoms with Crippen molar-refractivity contribution < 1.29 is 9.21 Å². The van der Waals surface area contributed by atoms with Gasteiger partial charge in [-0.15, -0.1) is 0 Å². The summed E-state index contributed by atoms with van der Waals surface area (Å²) in [5.41, 5.74) is 0.329. The molecule has 0 saturated heterocycles. The van der Waals surface area contributed by atoms with Gasteiger partial charge >= 0.3 is 0 Å². The largest absolute Gasteiger partial charge is 0.467 e. The first-order valence-electron chi connectivity index (χ1n) is 7.16. The Bertz CT molecular complexity index is 537. The second-order valence-corrected chi connectivity index (χ2v) is 4.68. The molecule has 6 nitrogen and oxygen atoms in total. The number of anilines is 1. The molecule has 0 saturated carbocycles. The van der Waals surface area contributed by atoms with E-state index in [-0.39, 0.29) is 5.91 Å². The van der Waals surface area contributed by atoms with Crippen LogP contribution in [-0.2, 0) is 6.54 Å². The quantitative estimate of drug-likeness (QED) is 0.730. The number of furan rings is 1. The fraction of sp³-hybridized carbons (Fsp3) is 0.400. The maximum atomic E-state index is 11.8. The fourth-order valence-corrected chi connectivity index (χ4v) is 1.79. The number of nitrogens with zero attached hydrogens (tertiary/aromatic N) is 2. The molecule has 0 fully saturated rings. The molecule has 0 atom stereocenters. The number of hydrogen-bond donors (Lipinski definition) is 2. The average Bonchev–Trinajstić information content (AvgIpc) is 3.03. The van der Waals surface area contributed by atoms with Crippen molar-refractivity contribution in [2.24, 2.45) is 0 Å². The number of unbranched alkanes of at least 4 members (excludes halogenated alkanes) is 2. The third-order valence-corrected chi connectivity index (χ3v) is 2.97. The summed E-state index contributed by atoms with van der Waals surface area (Å²) in [5, 5.41) is 5.90. The van der Waals surface area contributed by atoms with Gasteiger partial charge in [-0.3, -0.25) is 4.79 Å². The van der Waals surface area contributed by atoms with Crippen molar-refractivity contribution in [3.05, 3.63) is 42.2 Å². The van der Waals surface area contributed by atoms with Crippen LogP contribution in [0.3, 0.4) is 0 Å². The second kappa shape index (κ2) is 8.04. The lowest BCUT2D eigenvalue weighted by molar-refractivity contribution is 0.0947. The van der Waals surface area contributed by atoms with Gasteiger partial charge < -0.3 is 15.1 Å². The first-order valence-corrected chi connectivity index (χ1v) is 7.16. The number of aromatic nitrogens is 2. The van der Waals surface area contributed by atoms with E-state index in [1.54, 1.807) is 12.5 Å². The topological polar surface area (TPSA) is 80.0 Å². The minimum atomic E-state index is -0.184. The molecule has 0 unspecified atom stereocenters. The molecule has 112 valence electrons. The molecule has 0 radical (unpaired) electrons. The normalized spacial score (nSPS) is 10.3. The Hall–Kier alpha value is -2.37. The van der Waals surface area contributed by atoms with Crippen molar-refractivity contribution in [2.45, 2.75) is 32.7 Å². The summed E-state index contributed by atoms with van der Waals surface area (Å²) in [6.45, 7) is 3.33. The van der Waals surface area contributed by atoms with Crippen LogP contribution in [0.2, 0.25) is 0 Å². The van der Waals surface area contributed by atoms with E-state index in [1.165, 1.54) is 6.20 Å². The van der Waals surface area contributed by atoms with Gasteiger partial charge in [0.1, 0.15) is 17.3 Å². The zero-order valence-electron chi connectivity index (χ0n) is 12.1. The van der Waals surface area contributed by atoms with E-state index >= 15 is 0 Å². The van der Waals surface area contributed by atoms with Gasteiger partial charge in [-0.2, -0.15) is 0 Å². The van der Waals surface area contributed by atoms with Gasteiger partial charge in [-0.1, -0.05) is 19.8 Å². The SMILES string of the molecule is CCCCCNC(=O)c1cnc(NCc2ccco2)cn1. The molecule has 2 aromatic rings. The third kappa shape index (κ3) is 4.91. The van der Waals surface area contributed by atoms with Crippen molar-refractivity contribution >= 4 is 11.7 Å². The van der Waals surface area contributed by atoms with Crippen LogP contribution in [0, 0.1) is 0 Å². The number of carbonyl (C=O) groups is 1. The molecule has 0 bridgehead atoms. The summed E-state index contributed by atoms with van der Waals surface area (Å²) in [5.74, 6) is 1.24. The lowest BCUT2D eigenvalue weighted by Gasteiger charge is -2.05. The van der Waals surface area contributed by atoms with Crippen LogP contribution >= 0.6 is 0 Å². The molecule has 2 N–H and O–H groups in total. The van der Waals surface area contributed by atoms with E-state index < -0.39 is 0 Å². The van der Waals surface area contributed by atoms with Gasteiger partial charge in [-0.25, -0.2) is 9.97 Å². The zero-order valence-corrected chi connectivity index (χ0v) is 12.1. The second-order valence-electron chi connectivity index (χ2n) is 4.68. The summed E-state index contributed by atoms with van der Waals surface area (Å²) >= 11 is 0. The van der Waals surface area contributed by atoms with Crippen LogP contribution in [0.15, 0.2) is 35.2 Å². The van der Waals surface area contributed by atoms with Crippen LogP contribution < -0.4 is 10.6 Å². The number of amides is 1. The number of hydrogen-bond acceptors (Lipinski definition) is 5. The predicted octanol–water partition coefficient (Wildman–Crippen LogP) is 2.60. The fourth-order valence-electron chi connectivity index (χ4n) is 1.79. The molecule has 0 spiro atoms. The Balaban J connectivity index is 1.79. The zero-order chi connectivity index (χ0) is 14.9. The summed E-state index contributed by atoms with van der Waals surface area (Å²) in [7, 11) is 0. The highest BCUT2D eigenvalue weighted by Gasteiger charge is 2.07. The van der Waals surface area contributed by atoms with Crippen molar-refractivity contribution in [3.8, 4) is 0 Å². The summed E-state index contributed by atoms with van der Waals surface area (Å²) in [4.78, 5) is 20.1. The Labute approximate surface area is 124 Å². The van der Waals surface area contributed by atoms with Gasteiger partial charge in [0.2, 0.25) is 0 Å². The Morgan fingerprint density at radius 2 is 2.19 bits per heavy atom. The number of nitrogens with one attached hydrogen (secondary N) is 2. The molecule has 0 aliphatic heterocycles. The van der Waals surface area contributed by atoms with Crippen molar-refractivity contribution in [1.82, 2.24) is 15.3 Å². The van der Waals surface area contributed by atoms with E-state index in [1.807, 2.05) is 12.1 Å². The number of rotatable bonds is 8. The first kappa shape index (κ1) is 15.0. The lowest BCUT2D eigenvalue weighted by atomic mass is 10.2. The molecule has 0 aromatic carbocycles. The molecule has 1 amide bonds. The Morgan fingerprint density at radius 1 is 1.29 bits per heavy atom. The van der Waals surface area contributed by atoms with E-state index in [2.05, 4.69) is 27.5 Å². The molecular formula is C15H20N4O2. The highest BCUT2D eigenvalue weighted by Crippen LogP contribution is 2.06. The molecule has 2 aromatic heterocycles. The van der Waals surface area contributed by atoms with E-state index in [0.717, 1.165) is 25.0 Å². The van der Waals surface area contributed by atoms with Crippen molar-refractivity contribution in [1.29, 1.82) is 0 Å². The molecular weight excluding hydrogens is 268 g/mol. The molecule has 2 heterocycles. The lowest BCUT2D eigenvalue weighted by Crippen LogP contribution is -2.25. The highest BCUT2D eigenvalue weighted by atomic mass is 16.3. The third-order valence-electron chi connectivity index (χ3n) is 2.97. The first-order chi connectivity index (χ1) is 10.3. The average molecular weight is 288 g/mol. The van der Waals surface area contributed by atoms with Crippen molar-refractivity contribution in [3.63, 3.8) is 0 Å². The van der Waals surface area contributed by atoms with Gasteiger partial charge in [0.25, 0.3) is 5.91 Å². The standard InChI is InChI=1S/C15H20N4O2/c1-2-3-4-7-16-15(20)13-10-19-14(11-17-13)18-9-12-6-5-8-21-12/h5-6,8,10-11H,2-4,7,9H2,1H3,(H,16,20)(H,18,19). The van der Waals surface area contributed by atoms with Crippen LogP contribution in [-0.4, -0.2) is 22.4 Å². The maximum Gasteiger partial charge on any atom is 0.271 e. The Kier molecular flexibility index (Phi) is 5.75. The predicted molar refractivity (Wildman–Crippen MR) is 79.9 cm³/mol. The molecule has 21 heavy (non-hydrogen) atoms. The van der Waals surface area contributed by atoms with Crippen molar-refractivity contribution in [2.75, 3.05) is 11.9 Å². The van der Waals surface area contributed by atoms with E-state index in [4.69, 9.17) is 4.42 Å². The van der Waals surface area contributed by atoms with Gasteiger partial charge in [-0.05, 0) is 18.6 Å². The number of carbonyl (C=O) groups excluding carboxylic acids is 1. The van der Waals surface area contributed by atoms with Crippen LogP contribution in [0.25, 0.3) is 0 Å². The van der Waals surface area contributed by atoms with Crippen LogP contribution in [0.1, 0.15) is 42.4 Å². The van der Waals surface area contributed by atoms with Gasteiger partial charge in [0.15, 0.2) is 0 Å². The van der Waals surface area contributed by atoms with E-state index in [0.29, 0.717) is 24.6 Å². The Morgan fingerprint density at radius 3 is 2.86 bits per heavy atom. The van der Waals surface area contributed by atoms with Crippen LogP contribution in [0.5, 0.6) is 0 Å². The van der Waals surface area contributed by atoms with Gasteiger partial charge in [0.05, 0.1) is 25.2 Å². The highest BCUT2D eigenvalue weighted by molar-refractivity contribution is 5.91. The summed E-state index contributed by atoms with van der Waals surface area (Å²) in [6.07, 6.45) is 7.87. The summed E-state index contributed by atoms with van der Waals surface area (Å²) < 4.78 is 5.21. The molecule has 6 heteroatoms.